The van der Waals surface area contributed by atoms with Gasteiger partial charge in [-0.25, -0.2) is 4.98 Å². The summed E-state index contributed by atoms with van der Waals surface area (Å²) in [6, 6.07) is 5.76. The summed E-state index contributed by atoms with van der Waals surface area (Å²) in [7, 11) is 0. The Morgan fingerprint density at radius 2 is 2.07 bits per heavy atom. The standard InChI is InChI=1S/C11H19N3S/c1-3-14(4-2)8-9-15-11-7-5-6-10(12)13-11/h5-7H,3-4,8-9H2,1-2H3,(H2,12,13). The van der Waals surface area contributed by atoms with Gasteiger partial charge in [-0.2, -0.15) is 0 Å². The van der Waals surface area contributed by atoms with Gasteiger partial charge in [0.2, 0.25) is 0 Å². The summed E-state index contributed by atoms with van der Waals surface area (Å²) in [5.74, 6) is 1.67. The van der Waals surface area contributed by atoms with Crippen LogP contribution in [-0.4, -0.2) is 35.3 Å². The van der Waals surface area contributed by atoms with Crippen LogP contribution < -0.4 is 5.73 Å². The molecule has 1 rings (SSSR count). The van der Waals surface area contributed by atoms with Crippen molar-refractivity contribution in [2.45, 2.75) is 18.9 Å². The van der Waals surface area contributed by atoms with Crippen molar-refractivity contribution in [2.75, 3.05) is 31.1 Å². The van der Waals surface area contributed by atoms with Gasteiger partial charge in [-0.3, -0.25) is 0 Å². The van der Waals surface area contributed by atoms with Crippen molar-refractivity contribution >= 4 is 17.6 Å². The van der Waals surface area contributed by atoms with Crippen molar-refractivity contribution in [1.29, 1.82) is 0 Å². The molecular weight excluding hydrogens is 206 g/mol. The molecule has 0 aliphatic carbocycles. The number of nitrogens with two attached hydrogens (primary N) is 1. The van der Waals surface area contributed by atoms with Crippen molar-refractivity contribution in [1.82, 2.24) is 9.88 Å². The fourth-order valence-electron chi connectivity index (χ4n) is 1.33. The average molecular weight is 225 g/mol. The Bertz CT molecular complexity index is 287. The molecule has 0 amide bonds. The molecule has 0 bridgehead atoms. The number of nitrogens with zero attached hydrogens (tertiary/aromatic N) is 2. The highest BCUT2D eigenvalue weighted by Gasteiger charge is 2.00. The minimum Gasteiger partial charge on any atom is -0.384 e. The summed E-state index contributed by atoms with van der Waals surface area (Å²) in [5.41, 5.74) is 5.61. The van der Waals surface area contributed by atoms with Crippen molar-refractivity contribution in [3.63, 3.8) is 0 Å². The van der Waals surface area contributed by atoms with Gasteiger partial charge in [0, 0.05) is 12.3 Å². The molecule has 84 valence electrons. The van der Waals surface area contributed by atoms with Gasteiger partial charge in [-0.1, -0.05) is 19.9 Å². The molecule has 0 aromatic carbocycles. The average Bonchev–Trinajstić information content (AvgIpc) is 2.25. The predicted octanol–water partition coefficient (Wildman–Crippen LogP) is 2.10. The van der Waals surface area contributed by atoms with Gasteiger partial charge in [0.25, 0.3) is 0 Å². The van der Waals surface area contributed by atoms with E-state index in [1.807, 2.05) is 18.2 Å². The number of nitrogen functional groups attached to an aromatic ring is 1. The van der Waals surface area contributed by atoms with Crippen molar-refractivity contribution in [3.05, 3.63) is 18.2 Å². The number of hydrogen-bond donors (Lipinski definition) is 1. The lowest BCUT2D eigenvalue weighted by atomic mass is 10.5. The zero-order chi connectivity index (χ0) is 11.1. The molecule has 0 saturated carbocycles. The van der Waals surface area contributed by atoms with Crippen LogP contribution in [0.1, 0.15) is 13.8 Å². The molecule has 0 aliphatic heterocycles. The van der Waals surface area contributed by atoms with E-state index in [-0.39, 0.29) is 0 Å². The van der Waals surface area contributed by atoms with E-state index in [0.717, 1.165) is 30.4 Å². The molecule has 0 spiro atoms. The van der Waals surface area contributed by atoms with Crippen LogP contribution in [0.25, 0.3) is 0 Å². The molecule has 3 nitrogen and oxygen atoms in total. The summed E-state index contributed by atoms with van der Waals surface area (Å²) < 4.78 is 0. The highest BCUT2D eigenvalue weighted by atomic mass is 32.2. The zero-order valence-corrected chi connectivity index (χ0v) is 10.3. The third-order valence-electron chi connectivity index (χ3n) is 2.30. The van der Waals surface area contributed by atoms with Gasteiger partial charge >= 0.3 is 0 Å². The molecule has 0 atom stereocenters. The lowest BCUT2D eigenvalue weighted by molar-refractivity contribution is 0.324. The Hall–Kier alpha value is -0.740. The molecule has 4 heteroatoms. The molecule has 1 heterocycles. The van der Waals surface area contributed by atoms with Crippen molar-refractivity contribution < 1.29 is 0 Å². The van der Waals surface area contributed by atoms with E-state index in [9.17, 15) is 0 Å². The van der Waals surface area contributed by atoms with Gasteiger partial charge in [0.15, 0.2) is 0 Å². The van der Waals surface area contributed by atoms with Crippen LogP contribution in [-0.2, 0) is 0 Å². The molecule has 1 aromatic rings. The third kappa shape index (κ3) is 4.53. The molecule has 0 unspecified atom stereocenters. The molecule has 1 aromatic heterocycles. The maximum atomic E-state index is 5.61. The molecule has 0 aliphatic rings. The molecule has 0 radical (unpaired) electrons. The van der Waals surface area contributed by atoms with Crippen LogP contribution in [0.2, 0.25) is 0 Å². The summed E-state index contributed by atoms with van der Waals surface area (Å²) in [6.07, 6.45) is 0. The topological polar surface area (TPSA) is 42.1 Å². The summed E-state index contributed by atoms with van der Waals surface area (Å²) in [4.78, 5) is 6.65. The smallest absolute Gasteiger partial charge is 0.124 e. The van der Waals surface area contributed by atoms with Crippen LogP contribution in [0.15, 0.2) is 23.2 Å². The normalized spacial score (nSPS) is 10.9. The maximum Gasteiger partial charge on any atom is 0.124 e. The number of rotatable bonds is 6. The number of thioether (sulfide) groups is 1. The molecule has 0 saturated heterocycles. The number of pyridine rings is 1. The van der Waals surface area contributed by atoms with Crippen LogP contribution in [0.4, 0.5) is 5.82 Å². The molecule has 0 fully saturated rings. The second-order valence-electron chi connectivity index (χ2n) is 3.28. The van der Waals surface area contributed by atoms with E-state index in [1.54, 1.807) is 11.8 Å². The zero-order valence-electron chi connectivity index (χ0n) is 9.44. The molecular formula is C11H19N3S. The number of hydrogen-bond acceptors (Lipinski definition) is 4. The predicted molar refractivity (Wildman–Crippen MR) is 67.2 cm³/mol. The second-order valence-corrected chi connectivity index (χ2v) is 4.39. The lowest BCUT2D eigenvalue weighted by Gasteiger charge is -2.16. The van der Waals surface area contributed by atoms with E-state index in [1.165, 1.54) is 0 Å². The first-order valence-electron chi connectivity index (χ1n) is 5.34. The first-order valence-corrected chi connectivity index (χ1v) is 6.32. The van der Waals surface area contributed by atoms with E-state index in [0.29, 0.717) is 5.82 Å². The van der Waals surface area contributed by atoms with E-state index < -0.39 is 0 Å². The first-order chi connectivity index (χ1) is 7.26. The maximum absolute atomic E-state index is 5.61. The third-order valence-corrected chi connectivity index (χ3v) is 3.21. The number of anilines is 1. The Labute approximate surface area is 96.1 Å². The molecule has 2 N–H and O–H groups in total. The Morgan fingerprint density at radius 3 is 2.67 bits per heavy atom. The Morgan fingerprint density at radius 1 is 1.33 bits per heavy atom. The van der Waals surface area contributed by atoms with Crippen molar-refractivity contribution in [3.8, 4) is 0 Å². The van der Waals surface area contributed by atoms with Gasteiger partial charge < -0.3 is 10.6 Å². The number of aromatic nitrogens is 1. The van der Waals surface area contributed by atoms with Crippen molar-refractivity contribution in [2.24, 2.45) is 0 Å². The fraction of sp³-hybridized carbons (Fsp3) is 0.545. The van der Waals surface area contributed by atoms with Crippen LogP contribution >= 0.6 is 11.8 Å². The summed E-state index contributed by atoms with van der Waals surface area (Å²) in [5, 5.41) is 1.02. The van der Waals surface area contributed by atoms with Gasteiger partial charge in [0.05, 0.1) is 5.03 Å². The van der Waals surface area contributed by atoms with Crippen LogP contribution in [0.5, 0.6) is 0 Å². The van der Waals surface area contributed by atoms with E-state index in [4.69, 9.17) is 5.73 Å². The van der Waals surface area contributed by atoms with Crippen LogP contribution in [0.3, 0.4) is 0 Å². The monoisotopic (exact) mass is 225 g/mol. The first kappa shape index (κ1) is 12.3. The van der Waals surface area contributed by atoms with E-state index in [2.05, 4.69) is 23.7 Å². The van der Waals surface area contributed by atoms with Gasteiger partial charge in [0.1, 0.15) is 5.82 Å². The van der Waals surface area contributed by atoms with E-state index >= 15 is 0 Å². The Balaban J connectivity index is 2.31. The van der Waals surface area contributed by atoms with Gasteiger partial charge in [-0.15, -0.1) is 11.8 Å². The highest BCUT2D eigenvalue weighted by Crippen LogP contribution is 2.15. The highest BCUT2D eigenvalue weighted by molar-refractivity contribution is 7.99. The lowest BCUT2D eigenvalue weighted by Crippen LogP contribution is -2.25. The fourth-order valence-corrected chi connectivity index (χ4v) is 2.23. The largest absolute Gasteiger partial charge is 0.384 e. The van der Waals surface area contributed by atoms with Gasteiger partial charge in [-0.05, 0) is 25.2 Å². The SMILES string of the molecule is CCN(CC)CCSc1cccc(N)n1. The minimum absolute atomic E-state index is 0.600. The Kier molecular flexibility index (Phi) is 5.50. The summed E-state index contributed by atoms with van der Waals surface area (Å²) in [6.45, 7) is 7.71. The quantitative estimate of drug-likeness (QED) is 0.753. The molecule has 15 heavy (non-hydrogen) atoms. The minimum atomic E-state index is 0.600. The second kappa shape index (κ2) is 6.69. The summed E-state index contributed by atoms with van der Waals surface area (Å²) >= 11 is 1.76. The van der Waals surface area contributed by atoms with Crippen LogP contribution in [0, 0.1) is 0 Å².